The van der Waals surface area contributed by atoms with Gasteiger partial charge >= 0.3 is 0 Å². The summed E-state index contributed by atoms with van der Waals surface area (Å²) in [5.41, 5.74) is 1.06. The summed E-state index contributed by atoms with van der Waals surface area (Å²) in [6, 6.07) is 6.89. The number of guanidine groups is 1. The van der Waals surface area contributed by atoms with Crippen LogP contribution >= 0.6 is 24.0 Å². The number of hydrogen-bond donors (Lipinski definition) is 1. The molecule has 1 atom stereocenters. The van der Waals surface area contributed by atoms with Crippen LogP contribution in [0.3, 0.4) is 0 Å². The Morgan fingerprint density at radius 1 is 1.27 bits per heavy atom. The molecule has 0 aromatic heterocycles. The van der Waals surface area contributed by atoms with Gasteiger partial charge in [-0.25, -0.2) is 4.39 Å². The fraction of sp³-hybridized carbons (Fsp3) is 0.650. The van der Waals surface area contributed by atoms with Crippen molar-refractivity contribution in [3.8, 4) is 0 Å². The average molecular weight is 474 g/mol. The number of rotatable bonds is 6. The lowest BCUT2D eigenvalue weighted by molar-refractivity contribution is 0.281. The summed E-state index contributed by atoms with van der Waals surface area (Å²) in [4.78, 5) is 9.46. The van der Waals surface area contributed by atoms with Gasteiger partial charge in [-0.3, -0.25) is 4.99 Å². The Morgan fingerprint density at radius 3 is 2.81 bits per heavy atom. The summed E-state index contributed by atoms with van der Waals surface area (Å²) in [5, 5.41) is 3.48. The molecule has 3 rings (SSSR count). The molecule has 1 aromatic rings. The van der Waals surface area contributed by atoms with Crippen molar-refractivity contribution in [3.05, 3.63) is 35.6 Å². The van der Waals surface area contributed by atoms with E-state index in [0.717, 1.165) is 49.9 Å². The third-order valence-electron chi connectivity index (χ3n) is 5.33. The van der Waals surface area contributed by atoms with Gasteiger partial charge in [0.15, 0.2) is 5.96 Å². The van der Waals surface area contributed by atoms with E-state index in [0.29, 0.717) is 0 Å². The summed E-state index contributed by atoms with van der Waals surface area (Å²) < 4.78 is 13.2. The molecule has 2 aliphatic heterocycles. The summed E-state index contributed by atoms with van der Waals surface area (Å²) in [6.45, 7) is 6.89. The molecule has 2 aliphatic rings. The minimum Gasteiger partial charge on any atom is -0.356 e. The quantitative estimate of drug-likeness (QED) is 0.297. The Labute approximate surface area is 174 Å². The maximum atomic E-state index is 13.2. The zero-order valence-corrected chi connectivity index (χ0v) is 18.1. The van der Waals surface area contributed by atoms with Gasteiger partial charge < -0.3 is 15.1 Å². The van der Waals surface area contributed by atoms with Crippen LogP contribution in [-0.4, -0.2) is 62.1 Å². The highest BCUT2D eigenvalue weighted by Crippen LogP contribution is 2.20. The number of hydrogen-bond acceptors (Lipinski definition) is 2. The molecule has 2 heterocycles. The number of benzene rings is 1. The molecule has 1 aromatic carbocycles. The van der Waals surface area contributed by atoms with E-state index in [4.69, 9.17) is 0 Å². The molecule has 0 radical (unpaired) electrons. The lowest BCUT2D eigenvalue weighted by Crippen LogP contribution is -2.41. The second-order valence-electron chi connectivity index (χ2n) is 7.32. The first-order valence-corrected chi connectivity index (χ1v) is 9.67. The molecule has 1 unspecified atom stereocenters. The van der Waals surface area contributed by atoms with E-state index < -0.39 is 0 Å². The lowest BCUT2D eigenvalue weighted by atomic mass is 10.1. The van der Waals surface area contributed by atoms with E-state index >= 15 is 0 Å². The summed E-state index contributed by atoms with van der Waals surface area (Å²) in [7, 11) is 1.86. The molecule has 1 N–H and O–H groups in total. The summed E-state index contributed by atoms with van der Waals surface area (Å²) >= 11 is 0. The molecule has 26 heavy (non-hydrogen) atoms. The first-order chi connectivity index (χ1) is 12.2. The normalized spacial score (nSPS) is 21.1. The number of aliphatic imine (C=N–C) groups is 1. The molecule has 0 amide bonds. The van der Waals surface area contributed by atoms with E-state index in [-0.39, 0.29) is 29.8 Å². The van der Waals surface area contributed by atoms with E-state index in [9.17, 15) is 4.39 Å². The van der Waals surface area contributed by atoms with Crippen molar-refractivity contribution in [3.63, 3.8) is 0 Å². The highest BCUT2D eigenvalue weighted by molar-refractivity contribution is 14.0. The highest BCUT2D eigenvalue weighted by atomic mass is 127. The van der Waals surface area contributed by atoms with Crippen molar-refractivity contribution in [1.82, 2.24) is 15.1 Å². The fourth-order valence-electron chi connectivity index (χ4n) is 4.02. The molecule has 0 aliphatic carbocycles. The average Bonchev–Trinajstić information content (AvgIpc) is 3.28. The van der Waals surface area contributed by atoms with Crippen molar-refractivity contribution in [2.45, 2.75) is 32.1 Å². The van der Waals surface area contributed by atoms with Gasteiger partial charge in [0.05, 0.1) is 0 Å². The molecular weight excluding hydrogens is 442 g/mol. The summed E-state index contributed by atoms with van der Waals surface area (Å²) in [5.74, 6) is 1.63. The monoisotopic (exact) mass is 474 g/mol. The number of likely N-dealkylation sites (tertiary alicyclic amines) is 2. The third kappa shape index (κ3) is 6.37. The van der Waals surface area contributed by atoms with E-state index in [2.05, 4.69) is 20.1 Å². The smallest absolute Gasteiger partial charge is 0.193 e. The van der Waals surface area contributed by atoms with Gasteiger partial charge in [-0.1, -0.05) is 12.1 Å². The van der Waals surface area contributed by atoms with Gasteiger partial charge in [-0.05, 0) is 68.8 Å². The van der Waals surface area contributed by atoms with Gasteiger partial charge in [0.1, 0.15) is 5.82 Å². The Morgan fingerprint density at radius 2 is 2.08 bits per heavy atom. The molecule has 0 bridgehead atoms. The highest BCUT2D eigenvalue weighted by Gasteiger charge is 2.27. The SMILES string of the molecule is CN=C(NCCCc1cccc(F)c1)N1CCC(CN2CCCC2)C1.I. The van der Waals surface area contributed by atoms with Gasteiger partial charge in [0.25, 0.3) is 0 Å². The Balaban J connectivity index is 0.00000243. The molecule has 6 heteroatoms. The van der Waals surface area contributed by atoms with Crippen LogP contribution in [0.5, 0.6) is 0 Å². The maximum Gasteiger partial charge on any atom is 0.193 e. The van der Waals surface area contributed by atoms with Crippen molar-refractivity contribution in [2.75, 3.05) is 46.3 Å². The van der Waals surface area contributed by atoms with E-state index in [1.165, 1.54) is 45.0 Å². The molecule has 2 saturated heterocycles. The van der Waals surface area contributed by atoms with Crippen LogP contribution in [0.25, 0.3) is 0 Å². The van der Waals surface area contributed by atoms with Crippen LogP contribution in [0, 0.1) is 11.7 Å². The predicted molar refractivity (Wildman–Crippen MR) is 117 cm³/mol. The topological polar surface area (TPSA) is 30.9 Å². The number of halogens is 2. The Hall–Kier alpha value is -0.890. The zero-order valence-electron chi connectivity index (χ0n) is 15.8. The van der Waals surface area contributed by atoms with Crippen molar-refractivity contribution in [2.24, 2.45) is 10.9 Å². The molecule has 4 nitrogen and oxygen atoms in total. The van der Waals surface area contributed by atoms with E-state index in [1.54, 1.807) is 12.1 Å². The molecule has 0 spiro atoms. The molecular formula is C20H32FIN4. The Bertz CT molecular complexity index is 575. The van der Waals surface area contributed by atoms with Crippen LogP contribution in [0.15, 0.2) is 29.3 Å². The number of nitrogens with zero attached hydrogens (tertiary/aromatic N) is 3. The fourth-order valence-corrected chi connectivity index (χ4v) is 4.02. The zero-order chi connectivity index (χ0) is 17.5. The van der Waals surface area contributed by atoms with Crippen molar-refractivity contribution >= 4 is 29.9 Å². The van der Waals surface area contributed by atoms with Gasteiger partial charge in [-0.2, -0.15) is 0 Å². The third-order valence-corrected chi connectivity index (χ3v) is 5.33. The predicted octanol–water partition coefficient (Wildman–Crippen LogP) is 3.37. The lowest BCUT2D eigenvalue weighted by Gasteiger charge is -2.23. The first kappa shape index (κ1) is 21.4. The second-order valence-corrected chi connectivity index (χ2v) is 7.32. The van der Waals surface area contributed by atoms with Crippen LogP contribution in [-0.2, 0) is 6.42 Å². The van der Waals surface area contributed by atoms with Gasteiger partial charge in [0, 0.05) is 33.2 Å². The van der Waals surface area contributed by atoms with Gasteiger partial charge in [-0.15, -0.1) is 24.0 Å². The van der Waals surface area contributed by atoms with Gasteiger partial charge in [0.2, 0.25) is 0 Å². The van der Waals surface area contributed by atoms with Crippen molar-refractivity contribution < 1.29 is 4.39 Å². The van der Waals surface area contributed by atoms with Crippen molar-refractivity contribution in [1.29, 1.82) is 0 Å². The van der Waals surface area contributed by atoms with Crippen LogP contribution in [0.2, 0.25) is 0 Å². The standard InChI is InChI=1S/C20H31FN4.HI/c1-22-20(23-10-5-7-17-6-4-8-19(21)14-17)25-13-9-18(16-25)15-24-11-2-3-12-24;/h4,6,8,14,18H,2-3,5,7,9-13,15-16H2,1H3,(H,22,23);1H. The minimum absolute atomic E-state index is 0. The molecule has 146 valence electrons. The summed E-state index contributed by atoms with van der Waals surface area (Å²) in [6.07, 6.45) is 5.86. The number of nitrogens with one attached hydrogen (secondary N) is 1. The molecule has 0 saturated carbocycles. The maximum absolute atomic E-state index is 13.2. The van der Waals surface area contributed by atoms with Crippen LogP contribution in [0.1, 0.15) is 31.2 Å². The number of aryl methyl sites for hydroxylation is 1. The first-order valence-electron chi connectivity index (χ1n) is 9.67. The van der Waals surface area contributed by atoms with Crippen LogP contribution in [0.4, 0.5) is 4.39 Å². The second kappa shape index (κ2) is 11.1. The Kier molecular flexibility index (Phi) is 9.11. The minimum atomic E-state index is -0.151. The largest absolute Gasteiger partial charge is 0.356 e. The van der Waals surface area contributed by atoms with Crippen LogP contribution < -0.4 is 5.32 Å². The molecule has 2 fully saturated rings. The van der Waals surface area contributed by atoms with E-state index in [1.807, 2.05) is 13.1 Å².